The summed E-state index contributed by atoms with van der Waals surface area (Å²) in [6.07, 6.45) is 76.7. The molecule has 6 nitrogen and oxygen atoms in total. The first kappa shape index (κ1) is 71.6. The van der Waals surface area contributed by atoms with Crippen molar-refractivity contribution in [2.75, 3.05) is 13.2 Å². The molecule has 0 aromatic rings. The summed E-state index contributed by atoms with van der Waals surface area (Å²) in [6.45, 7) is 4.99. The first-order valence-corrected chi connectivity index (χ1v) is 33.4. The van der Waals surface area contributed by atoms with Crippen molar-refractivity contribution < 1.29 is 24.5 Å². The van der Waals surface area contributed by atoms with Crippen LogP contribution in [0.5, 0.6) is 0 Å². The largest absolute Gasteiger partial charge is 0.466 e. The number of unbranched alkanes of at least 4 members (excludes halogenated alkanes) is 50. The van der Waals surface area contributed by atoms with Crippen LogP contribution in [0.2, 0.25) is 0 Å². The van der Waals surface area contributed by atoms with Gasteiger partial charge in [-0.15, -0.1) is 0 Å². The van der Waals surface area contributed by atoms with Crippen LogP contribution in [0.4, 0.5) is 0 Å². The lowest BCUT2D eigenvalue weighted by Crippen LogP contribution is -2.45. The van der Waals surface area contributed by atoms with Crippen molar-refractivity contribution in [3.63, 3.8) is 0 Å². The van der Waals surface area contributed by atoms with Gasteiger partial charge in [-0.2, -0.15) is 0 Å². The molecule has 0 bridgehead atoms. The number of hydrogen-bond acceptors (Lipinski definition) is 5. The highest BCUT2D eigenvalue weighted by atomic mass is 16.5. The molecular weight excluding hydrogens is 899 g/mol. The van der Waals surface area contributed by atoms with E-state index in [4.69, 9.17) is 4.74 Å². The maximum absolute atomic E-state index is 12.5. The number of esters is 1. The molecule has 73 heavy (non-hydrogen) atoms. The van der Waals surface area contributed by atoms with Gasteiger partial charge in [0.05, 0.1) is 25.4 Å². The topological polar surface area (TPSA) is 95.9 Å². The minimum absolute atomic E-state index is 0.0166. The van der Waals surface area contributed by atoms with Crippen LogP contribution in [-0.4, -0.2) is 47.4 Å². The molecule has 1 amide bonds. The molecule has 2 unspecified atom stereocenters. The summed E-state index contributed by atoms with van der Waals surface area (Å²) >= 11 is 0. The Morgan fingerprint density at radius 3 is 0.973 bits per heavy atom. The second kappa shape index (κ2) is 63.1. The first-order valence-electron chi connectivity index (χ1n) is 33.4. The van der Waals surface area contributed by atoms with Crippen LogP contribution in [0.1, 0.15) is 380 Å². The van der Waals surface area contributed by atoms with Gasteiger partial charge < -0.3 is 20.3 Å². The average molecular weight is 1030 g/mol. The van der Waals surface area contributed by atoms with Crippen LogP contribution in [0, 0.1) is 0 Å². The van der Waals surface area contributed by atoms with Crippen LogP contribution in [-0.2, 0) is 14.3 Å². The van der Waals surface area contributed by atoms with Crippen molar-refractivity contribution >= 4 is 11.9 Å². The summed E-state index contributed by atoms with van der Waals surface area (Å²) in [4.78, 5) is 24.6. The highest BCUT2D eigenvalue weighted by Gasteiger charge is 2.20. The number of ether oxygens (including phenoxy) is 1. The number of carbonyl (C=O) groups is 2. The molecule has 2 atom stereocenters. The van der Waals surface area contributed by atoms with E-state index in [0.717, 1.165) is 38.5 Å². The zero-order valence-corrected chi connectivity index (χ0v) is 49.6. The fraction of sp³-hybridized carbons (Fsp3) is 0.940. The SMILES string of the molecule is CCCCCCCCCCCCCCCCCCCC(O)C(CO)NC(=O)CCCCCCCCCCC/C=C\CCCCCCCCCCCCCCOC(=O)CCCCCCCCCCCCCCCC. The molecule has 0 saturated heterocycles. The molecule has 0 fully saturated rings. The monoisotopic (exact) mass is 1030 g/mol. The summed E-state index contributed by atoms with van der Waals surface area (Å²) in [6, 6.07) is -0.543. The highest BCUT2D eigenvalue weighted by molar-refractivity contribution is 5.76. The van der Waals surface area contributed by atoms with Gasteiger partial charge in [-0.3, -0.25) is 9.59 Å². The molecule has 0 aromatic carbocycles. The van der Waals surface area contributed by atoms with E-state index in [2.05, 4.69) is 31.3 Å². The summed E-state index contributed by atoms with van der Waals surface area (Å²) in [7, 11) is 0. The maximum atomic E-state index is 12.5. The lowest BCUT2D eigenvalue weighted by Gasteiger charge is -2.22. The Bertz CT molecular complexity index is 1100. The molecule has 0 spiro atoms. The Hall–Kier alpha value is -1.40. The second-order valence-corrected chi connectivity index (χ2v) is 23.2. The molecule has 6 heteroatoms. The second-order valence-electron chi connectivity index (χ2n) is 23.2. The maximum Gasteiger partial charge on any atom is 0.305 e. The van der Waals surface area contributed by atoms with E-state index in [1.54, 1.807) is 0 Å². The fourth-order valence-corrected chi connectivity index (χ4v) is 10.7. The Morgan fingerprint density at radius 2 is 0.644 bits per heavy atom. The summed E-state index contributed by atoms with van der Waals surface area (Å²) < 4.78 is 5.49. The quantitative estimate of drug-likeness (QED) is 0.0320. The van der Waals surface area contributed by atoms with Gasteiger partial charge in [-0.25, -0.2) is 0 Å². The number of hydrogen-bond donors (Lipinski definition) is 3. The van der Waals surface area contributed by atoms with Gasteiger partial charge in [-0.05, 0) is 51.4 Å². The standard InChI is InChI=1S/C67H131NO5/c1-3-5-7-9-11-13-15-17-19-29-32-35-39-43-47-51-55-59-65(70)64(63-69)68-66(71)60-56-52-48-44-40-36-33-30-27-25-23-21-20-22-24-26-28-31-34-38-42-46-50-54-58-62-73-67(72)61-57-53-49-45-41-37-18-16-14-12-10-8-6-4-2/h21,23,64-65,69-70H,3-20,22,24-63H2,1-2H3,(H,68,71)/b23-21-. The lowest BCUT2D eigenvalue weighted by molar-refractivity contribution is -0.143. The zero-order chi connectivity index (χ0) is 52.9. The number of rotatable bonds is 63. The molecular formula is C67H131NO5. The number of aliphatic hydroxyl groups is 2. The van der Waals surface area contributed by atoms with E-state index < -0.39 is 12.1 Å². The van der Waals surface area contributed by atoms with Crippen molar-refractivity contribution in [2.45, 2.75) is 392 Å². The minimum Gasteiger partial charge on any atom is -0.466 e. The Kier molecular flexibility index (Phi) is 61.9. The van der Waals surface area contributed by atoms with Crippen LogP contribution in [0.25, 0.3) is 0 Å². The summed E-state index contributed by atoms with van der Waals surface area (Å²) in [5.74, 6) is -0.0179. The van der Waals surface area contributed by atoms with E-state index >= 15 is 0 Å². The van der Waals surface area contributed by atoms with Crippen LogP contribution < -0.4 is 5.32 Å². The van der Waals surface area contributed by atoms with Crippen molar-refractivity contribution in [2.24, 2.45) is 0 Å². The normalized spacial score (nSPS) is 12.5. The smallest absolute Gasteiger partial charge is 0.305 e. The third-order valence-corrected chi connectivity index (χ3v) is 15.8. The van der Waals surface area contributed by atoms with E-state index in [1.807, 2.05) is 0 Å². The molecule has 434 valence electrons. The van der Waals surface area contributed by atoms with Crippen LogP contribution in [0.3, 0.4) is 0 Å². The number of carbonyl (C=O) groups excluding carboxylic acids is 2. The molecule has 0 rings (SSSR count). The lowest BCUT2D eigenvalue weighted by atomic mass is 10.0. The van der Waals surface area contributed by atoms with Crippen molar-refractivity contribution in [3.8, 4) is 0 Å². The van der Waals surface area contributed by atoms with Gasteiger partial charge >= 0.3 is 5.97 Å². The Balaban J connectivity index is 3.38. The summed E-state index contributed by atoms with van der Waals surface area (Å²) in [5.41, 5.74) is 0. The number of amides is 1. The van der Waals surface area contributed by atoms with Gasteiger partial charge in [0.15, 0.2) is 0 Å². The van der Waals surface area contributed by atoms with Crippen molar-refractivity contribution in [1.82, 2.24) is 5.32 Å². The van der Waals surface area contributed by atoms with E-state index in [-0.39, 0.29) is 18.5 Å². The van der Waals surface area contributed by atoms with Gasteiger partial charge in [-0.1, -0.05) is 328 Å². The van der Waals surface area contributed by atoms with Crippen LogP contribution >= 0.6 is 0 Å². The molecule has 0 aliphatic heterocycles. The van der Waals surface area contributed by atoms with Gasteiger partial charge in [0, 0.05) is 12.8 Å². The Labute approximate surface area is 457 Å². The molecule has 3 N–H and O–H groups in total. The van der Waals surface area contributed by atoms with E-state index in [9.17, 15) is 19.8 Å². The highest BCUT2D eigenvalue weighted by Crippen LogP contribution is 2.19. The van der Waals surface area contributed by atoms with Gasteiger partial charge in [0.1, 0.15) is 0 Å². The molecule has 0 aliphatic carbocycles. The minimum atomic E-state index is -0.666. The predicted octanol–water partition coefficient (Wildman–Crippen LogP) is 21.2. The third kappa shape index (κ3) is 59.7. The number of allylic oxidation sites excluding steroid dienone is 2. The predicted molar refractivity (Wildman–Crippen MR) is 320 cm³/mol. The fourth-order valence-electron chi connectivity index (χ4n) is 10.7. The molecule has 0 heterocycles. The number of nitrogens with one attached hydrogen (secondary N) is 1. The molecule has 0 saturated carbocycles. The van der Waals surface area contributed by atoms with Gasteiger partial charge in [0.2, 0.25) is 5.91 Å². The molecule has 0 radical (unpaired) electrons. The van der Waals surface area contributed by atoms with Crippen molar-refractivity contribution in [1.29, 1.82) is 0 Å². The molecule has 0 aromatic heterocycles. The van der Waals surface area contributed by atoms with Crippen molar-refractivity contribution in [3.05, 3.63) is 12.2 Å². The zero-order valence-electron chi connectivity index (χ0n) is 49.6. The first-order chi connectivity index (χ1) is 36.0. The molecule has 0 aliphatic rings. The average Bonchev–Trinajstić information content (AvgIpc) is 3.39. The third-order valence-electron chi connectivity index (χ3n) is 15.8. The number of aliphatic hydroxyl groups excluding tert-OH is 2. The summed E-state index contributed by atoms with van der Waals surface area (Å²) in [5, 5.41) is 23.3. The van der Waals surface area contributed by atoms with E-state index in [1.165, 1.54) is 308 Å². The van der Waals surface area contributed by atoms with E-state index in [0.29, 0.717) is 25.9 Å². The Morgan fingerprint density at radius 1 is 0.370 bits per heavy atom. The van der Waals surface area contributed by atoms with Gasteiger partial charge in [0.25, 0.3) is 0 Å². The van der Waals surface area contributed by atoms with Crippen LogP contribution in [0.15, 0.2) is 12.2 Å².